The number of aromatic nitrogens is 2. The number of carbonyl (C=O) groups is 2. The fourth-order valence-corrected chi connectivity index (χ4v) is 1.93. The van der Waals surface area contributed by atoms with Gasteiger partial charge in [0.05, 0.1) is 11.9 Å². The van der Waals surface area contributed by atoms with Crippen LogP contribution in [0.2, 0.25) is 0 Å². The van der Waals surface area contributed by atoms with Gasteiger partial charge in [-0.05, 0) is 18.6 Å². The number of aromatic carboxylic acids is 1. The monoisotopic (exact) mass is 263 g/mol. The van der Waals surface area contributed by atoms with Crippen LogP contribution in [-0.2, 0) is 0 Å². The lowest BCUT2D eigenvalue weighted by atomic mass is 10.2. The molecule has 2 aromatic heterocycles. The molecule has 0 saturated carbocycles. The Morgan fingerprint density at radius 1 is 1.44 bits per heavy atom. The average Bonchev–Trinajstić information content (AvgIpc) is 2.81. The van der Waals surface area contributed by atoms with Gasteiger partial charge in [0.2, 0.25) is 0 Å². The van der Waals surface area contributed by atoms with Crippen LogP contribution >= 0.6 is 11.3 Å². The van der Waals surface area contributed by atoms with Crippen molar-refractivity contribution in [3.63, 3.8) is 0 Å². The zero-order valence-electron chi connectivity index (χ0n) is 9.38. The topological polar surface area (TPSA) is 92.2 Å². The normalized spacial score (nSPS) is 10.1. The molecule has 0 radical (unpaired) electrons. The highest BCUT2D eigenvalue weighted by Crippen LogP contribution is 2.15. The molecular formula is C11H9N3O3S. The number of pyridine rings is 1. The number of carboxylic acids is 1. The fourth-order valence-electron chi connectivity index (χ4n) is 1.25. The molecule has 0 spiro atoms. The van der Waals surface area contributed by atoms with Gasteiger partial charge in [-0.25, -0.2) is 9.78 Å². The third kappa shape index (κ3) is 2.51. The van der Waals surface area contributed by atoms with Crippen LogP contribution in [-0.4, -0.2) is 27.0 Å². The largest absolute Gasteiger partial charge is 0.476 e. The van der Waals surface area contributed by atoms with E-state index >= 15 is 0 Å². The molecule has 0 unspecified atom stereocenters. The van der Waals surface area contributed by atoms with Crippen LogP contribution in [0, 0.1) is 6.92 Å². The van der Waals surface area contributed by atoms with Crippen LogP contribution < -0.4 is 5.32 Å². The molecule has 1 amide bonds. The third-order valence-corrected chi connectivity index (χ3v) is 3.05. The molecule has 0 atom stereocenters. The molecule has 0 aromatic carbocycles. The number of nitrogens with zero attached hydrogens (tertiary/aromatic N) is 2. The highest BCUT2D eigenvalue weighted by molar-refractivity contribution is 7.12. The van der Waals surface area contributed by atoms with Gasteiger partial charge in [0.25, 0.3) is 5.91 Å². The molecule has 6 nitrogen and oxygen atoms in total. The van der Waals surface area contributed by atoms with E-state index in [1.54, 1.807) is 12.3 Å². The lowest BCUT2D eigenvalue weighted by Gasteiger charge is -2.04. The Kier molecular flexibility index (Phi) is 3.33. The SMILES string of the molecule is Cc1ccncc1NC(=O)c1nc(C(=O)O)cs1. The van der Waals surface area contributed by atoms with E-state index in [1.807, 2.05) is 6.92 Å². The van der Waals surface area contributed by atoms with Gasteiger partial charge >= 0.3 is 5.97 Å². The summed E-state index contributed by atoms with van der Waals surface area (Å²) in [6, 6.07) is 1.76. The molecule has 18 heavy (non-hydrogen) atoms. The van der Waals surface area contributed by atoms with Crippen molar-refractivity contribution in [2.75, 3.05) is 5.32 Å². The molecule has 0 bridgehead atoms. The number of hydrogen-bond donors (Lipinski definition) is 2. The maximum Gasteiger partial charge on any atom is 0.355 e. The smallest absolute Gasteiger partial charge is 0.355 e. The summed E-state index contributed by atoms with van der Waals surface area (Å²) in [6.45, 7) is 1.84. The molecule has 2 rings (SSSR count). The van der Waals surface area contributed by atoms with E-state index < -0.39 is 11.9 Å². The summed E-state index contributed by atoms with van der Waals surface area (Å²) in [6.07, 6.45) is 3.15. The Morgan fingerprint density at radius 2 is 2.22 bits per heavy atom. The van der Waals surface area contributed by atoms with Crippen molar-refractivity contribution in [3.05, 3.63) is 40.1 Å². The number of carboxylic acid groups (broad SMARTS) is 1. The van der Waals surface area contributed by atoms with Crippen molar-refractivity contribution < 1.29 is 14.7 Å². The molecule has 0 aliphatic carbocycles. The van der Waals surface area contributed by atoms with Gasteiger partial charge in [-0.1, -0.05) is 0 Å². The number of carbonyl (C=O) groups excluding carboxylic acids is 1. The lowest BCUT2D eigenvalue weighted by Crippen LogP contribution is -2.13. The van der Waals surface area contributed by atoms with E-state index in [0.29, 0.717) is 5.69 Å². The number of aryl methyl sites for hydroxylation is 1. The number of anilines is 1. The van der Waals surface area contributed by atoms with Gasteiger partial charge in [-0.3, -0.25) is 9.78 Å². The molecule has 92 valence electrons. The average molecular weight is 263 g/mol. The second-order valence-electron chi connectivity index (χ2n) is 3.49. The summed E-state index contributed by atoms with van der Waals surface area (Å²) < 4.78 is 0. The Bertz CT molecular complexity index is 609. The second-order valence-corrected chi connectivity index (χ2v) is 4.35. The molecule has 0 saturated heterocycles. The Labute approximate surface area is 106 Å². The maximum atomic E-state index is 11.8. The minimum atomic E-state index is -1.15. The van der Waals surface area contributed by atoms with Crippen LogP contribution in [0.3, 0.4) is 0 Å². The molecule has 0 aliphatic rings. The lowest BCUT2D eigenvalue weighted by molar-refractivity contribution is 0.0691. The van der Waals surface area contributed by atoms with Crippen LogP contribution in [0.15, 0.2) is 23.8 Å². The first-order valence-corrected chi connectivity index (χ1v) is 5.86. The van der Waals surface area contributed by atoms with Gasteiger partial charge in [0.15, 0.2) is 10.7 Å². The Morgan fingerprint density at radius 3 is 2.83 bits per heavy atom. The summed E-state index contributed by atoms with van der Waals surface area (Å²) in [4.78, 5) is 30.1. The van der Waals surface area contributed by atoms with Crippen LogP contribution in [0.4, 0.5) is 5.69 Å². The minimum absolute atomic E-state index is 0.107. The number of rotatable bonds is 3. The van der Waals surface area contributed by atoms with E-state index in [0.717, 1.165) is 16.9 Å². The van der Waals surface area contributed by atoms with E-state index in [4.69, 9.17) is 5.11 Å². The first kappa shape index (κ1) is 12.2. The molecule has 2 aromatic rings. The fraction of sp³-hybridized carbons (Fsp3) is 0.0909. The highest BCUT2D eigenvalue weighted by Gasteiger charge is 2.15. The molecule has 7 heteroatoms. The van der Waals surface area contributed by atoms with E-state index in [2.05, 4.69) is 15.3 Å². The summed E-state index contributed by atoms with van der Waals surface area (Å²) in [5.41, 5.74) is 1.32. The molecule has 2 heterocycles. The maximum absolute atomic E-state index is 11.8. The quantitative estimate of drug-likeness (QED) is 0.880. The first-order valence-electron chi connectivity index (χ1n) is 4.98. The van der Waals surface area contributed by atoms with Gasteiger partial charge < -0.3 is 10.4 Å². The molecular weight excluding hydrogens is 254 g/mol. The van der Waals surface area contributed by atoms with Gasteiger partial charge in [0.1, 0.15) is 0 Å². The highest BCUT2D eigenvalue weighted by atomic mass is 32.1. The van der Waals surface area contributed by atoms with Crippen molar-refractivity contribution in [3.8, 4) is 0 Å². The van der Waals surface area contributed by atoms with Crippen LogP contribution in [0.5, 0.6) is 0 Å². The predicted octanol–water partition coefficient (Wildman–Crippen LogP) is 1.80. The second kappa shape index (κ2) is 4.92. The van der Waals surface area contributed by atoms with Crippen molar-refractivity contribution in [2.24, 2.45) is 0 Å². The van der Waals surface area contributed by atoms with E-state index in [1.165, 1.54) is 11.6 Å². The van der Waals surface area contributed by atoms with Crippen LogP contribution in [0.25, 0.3) is 0 Å². The van der Waals surface area contributed by atoms with Crippen molar-refractivity contribution in [1.82, 2.24) is 9.97 Å². The Balaban J connectivity index is 2.17. The minimum Gasteiger partial charge on any atom is -0.476 e. The summed E-state index contributed by atoms with van der Waals surface area (Å²) in [5.74, 6) is -1.59. The summed E-state index contributed by atoms with van der Waals surface area (Å²) in [7, 11) is 0. The third-order valence-electron chi connectivity index (χ3n) is 2.20. The standard InChI is InChI=1S/C11H9N3O3S/c1-6-2-3-12-4-7(6)13-9(15)10-14-8(5-18-10)11(16)17/h2-5H,1H3,(H,13,15)(H,16,17). The van der Waals surface area contributed by atoms with Crippen LogP contribution in [0.1, 0.15) is 25.9 Å². The number of amides is 1. The van der Waals surface area contributed by atoms with Gasteiger partial charge in [0, 0.05) is 11.6 Å². The van der Waals surface area contributed by atoms with Crippen molar-refractivity contribution >= 4 is 28.9 Å². The molecule has 2 N–H and O–H groups in total. The van der Waals surface area contributed by atoms with Crippen molar-refractivity contribution in [2.45, 2.75) is 6.92 Å². The van der Waals surface area contributed by atoms with Gasteiger partial charge in [-0.2, -0.15) is 0 Å². The Hall–Kier alpha value is -2.28. The molecule has 0 fully saturated rings. The zero-order valence-corrected chi connectivity index (χ0v) is 10.2. The number of nitrogens with one attached hydrogen (secondary N) is 1. The number of hydrogen-bond acceptors (Lipinski definition) is 5. The zero-order chi connectivity index (χ0) is 13.1. The molecule has 0 aliphatic heterocycles. The first-order chi connectivity index (χ1) is 8.58. The number of thiazole rings is 1. The van der Waals surface area contributed by atoms with Crippen molar-refractivity contribution in [1.29, 1.82) is 0 Å². The summed E-state index contributed by atoms with van der Waals surface area (Å²) in [5, 5.41) is 12.8. The van der Waals surface area contributed by atoms with Gasteiger partial charge in [-0.15, -0.1) is 11.3 Å². The van der Waals surface area contributed by atoms with E-state index in [-0.39, 0.29) is 10.7 Å². The predicted molar refractivity (Wildman–Crippen MR) is 66.0 cm³/mol. The summed E-state index contributed by atoms with van der Waals surface area (Å²) >= 11 is 0.987. The van der Waals surface area contributed by atoms with E-state index in [9.17, 15) is 9.59 Å².